The summed E-state index contributed by atoms with van der Waals surface area (Å²) in [6.45, 7) is 7.51. The lowest BCUT2D eigenvalue weighted by Gasteiger charge is -2.34. The van der Waals surface area contributed by atoms with Gasteiger partial charge in [-0.05, 0) is 50.7 Å². The van der Waals surface area contributed by atoms with Gasteiger partial charge in [0.15, 0.2) is 5.96 Å². The molecule has 9 heteroatoms. The minimum atomic E-state index is 0. The predicted octanol–water partition coefficient (Wildman–Crippen LogP) is 2.70. The van der Waals surface area contributed by atoms with Gasteiger partial charge in [-0.1, -0.05) is 0 Å². The number of nitrogens with zero attached hydrogens (tertiary/aromatic N) is 5. The Kier molecular flexibility index (Phi) is 14.3. The first-order valence-corrected chi connectivity index (χ1v) is 11.4. The van der Waals surface area contributed by atoms with E-state index in [1.165, 1.54) is 18.5 Å². The second kappa shape index (κ2) is 16.1. The van der Waals surface area contributed by atoms with E-state index < -0.39 is 0 Å². The van der Waals surface area contributed by atoms with Gasteiger partial charge in [0.1, 0.15) is 6.54 Å². The van der Waals surface area contributed by atoms with E-state index in [9.17, 15) is 4.79 Å². The molecular formula is C23H41IN6O2. The average molecular weight is 561 g/mol. The highest BCUT2D eigenvalue weighted by molar-refractivity contribution is 14.0. The Morgan fingerprint density at radius 1 is 1.25 bits per heavy atom. The minimum Gasteiger partial charge on any atom is -0.382 e. The molecule has 1 amide bonds. The van der Waals surface area contributed by atoms with Crippen LogP contribution in [0.25, 0.3) is 0 Å². The van der Waals surface area contributed by atoms with Crippen LogP contribution in [-0.4, -0.2) is 93.7 Å². The number of nitrogens with one attached hydrogen (secondary N) is 1. The van der Waals surface area contributed by atoms with Crippen LogP contribution >= 0.6 is 24.0 Å². The number of halogens is 1. The van der Waals surface area contributed by atoms with Crippen molar-refractivity contribution in [3.8, 4) is 0 Å². The Morgan fingerprint density at radius 3 is 2.56 bits per heavy atom. The molecule has 1 fully saturated rings. The third-order valence-electron chi connectivity index (χ3n) is 5.69. The first-order valence-electron chi connectivity index (χ1n) is 11.4. The lowest BCUT2D eigenvalue weighted by atomic mass is 9.93. The van der Waals surface area contributed by atoms with E-state index in [4.69, 9.17) is 4.74 Å². The van der Waals surface area contributed by atoms with Crippen LogP contribution in [0.3, 0.4) is 0 Å². The molecule has 1 aliphatic heterocycles. The first kappa shape index (κ1) is 28.4. The summed E-state index contributed by atoms with van der Waals surface area (Å²) in [7, 11) is 5.57. The molecule has 0 atom stereocenters. The molecule has 182 valence electrons. The predicted molar refractivity (Wildman–Crippen MR) is 142 cm³/mol. The zero-order chi connectivity index (χ0) is 22.5. The van der Waals surface area contributed by atoms with Gasteiger partial charge >= 0.3 is 0 Å². The number of carbonyl (C=O) groups excluding carboxylic acids is 1. The minimum absolute atomic E-state index is 0. The fraction of sp³-hybridized carbons (Fsp3) is 0.696. The van der Waals surface area contributed by atoms with Crippen molar-refractivity contribution < 1.29 is 9.53 Å². The van der Waals surface area contributed by atoms with E-state index in [0.717, 1.165) is 58.2 Å². The van der Waals surface area contributed by atoms with Gasteiger partial charge in [-0.25, -0.2) is 4.99 Å². The summed E-state index contributed by atoms with van der Waals surface area (Å²) < 4.78 is 5.41. The number of carbonyl (C=O) groups is 1. The fourth-order valence-corrected chi connectivity index (χ4v) is 3.63. The first-order chi connectivity index (χ1) is 15.0. The number of likely N-dealkylation sites (N-methyl/N-ethyl adjacent to an activating group) is 1. The van der Waals surface area contributed by atoms with Crippen LogP contribution in [0.1, 0.15) is 32.6 Å². The van der Waals surface area contributed by atoms with Gasteiger partial charge in [0.2, 0.25) is 5.91 Å². The number of piperidine rings is 1. The summed E-state index contributed by atoms with van der Waals surface area (Å²) in [5, 5.41) is 3.40. The Balaban J connectivity index is 0.00000512. The second-order valence-electron chi connectivity index (χ2n) is 8.25. The Hall–Kier alpha value is -1.62. The van der Waals surface area contributed by atoms with Crippen molar-refractivity contribution in [3.05, 3.63) is 24.5 Å². The van der Waals surface area contributed by atoms with Crippen LogP contribution in [-0.2, 0) is 9.53 Å². The van der Waals surface area contributed by atoms with Crippen LogP contribution in [0.15, 0.2) is 29.5 Å². The molecule has 1 aliphatic rings. The van der Waals surface area contributed by atoms with Crippen molar-refractivity contribution in [1.29, 1.82) is 0 Å². The number of amides is 1. The number of hydrogen-bond acceptors (Lipinski definition) is 5. The number of pyridine rings is 1. The molecule has 0 bridgehead atoms. The summed E-state index contributed by atoms with van der Waals surface area (Å²) in [5.41, 5.74) is 1.27. The SMILES string of the molecule is CCOCCCNC(=NCC(=O)N(C)C)N(C)CCC1CCN(c2ccncc2)CC1.I. The van der Waals surface area contributed by atoms with Crippen molar-refractivity contribution in [3.63, 3.8) is 0 Å². The topological polar surface area (TPSA) is 73.3 Å². The van der Waals surface area contributed by atoms with Gasteiger partial charge in [0.25, 0.3) is 0 Å². The molecule has 0 aliphatic carbocycles. The van der Waals surface area contributed by atoms with E-state index in [1.54, 1.807) is 19.0 Å². The van der Waals surface area contributed by atoms with Crippen LogP contribution in [0.2, 0.25) is 0 Å². The highest BCUT2D eigenvalue weighted by atomic mass is 127. The molecule has 1 saturated heterocycles. The second-order valence-corrected chi connectivity index (χ2v) is 8.25. The third-order valence-corrected chi connectivity index (χ3v) is 5.69. The maximum absolute atomic E-state index is 12.0. The van der Waals surface area contributed by atoms with Crippen molar-refractivity contribution in [2.45, 2.75) is 32.6 Å². The summed E-state index contributed by atoms with van der Waals surface area (Å²) in [5.74, 6) is 1.51. The number of hydrogen-bond donors (Lipinski definition) is 1. The largest absolute Gasteiger partial charge is 0.382 e. The molecular weight excluding hydrogens is 519 g/mol. The maximum Gasteiger partial charge on any atom is 0.243 e. The van der Waals surface area contributed by atoms with Crippen LogP contribution in [0, 0.1) is 5.92 Å². The zero-order valence-electron chi connectivity index (χ0n) is 20.1. The zero-order valence-corrected chi connectivity index (χ0v) is 22.5. The van der Waals surface area contributed by atoms with E-state index in [0.29, 0.717) is 5.92 Å². The number of guanidine groups is 1. The normalized spacial score (nSPS) is 14.6. The summed E-state index contributed by atoms with van der Waals surface area (Å²) in [4.78, 5) is 26.8. The van der Waals surface area contributed by atoms with E-state index >= 15 is 0 Å². The monoisotopic (exact) mass is 560 g/mol. The summed E-state index contributed by atoms with van der Waals surface area (Å²) >= 11 is 0. The number of aromatic nitrogens is 1. The van der Waals surface area contributed by atoms with E-state index in [1.807, 2.05) is 19.3 Å². The third kappa shape index (κ3) is 10.3. The smallest absolute Gasteiger partial charge is 0.243 e. The molecule has 0 saturated carbocycles. The molecule has 0 aromatic carbocycles. The highest BCUT2D eigenvalue weighted by Crippen LogP contribution is 2.24. The number of ether oxygens (including phenoxy) is 1. The molecule has 2 rings (SSSR count). The molecule has 0 radical (unpaired) electrons. The van der Waals surface area contributed by atoms with Gasteiger partial charge in [0.05, 0.1) is 0 Å². The molecule has 0 spiro atoms. The standard InChI is InChI=1S/C23H40N6O2.HI/c1-5-31-18-6-12-25-23(26-19-22(30)27(2)3)28(4)15-9-20-10-16-29(17-11-20)21-7-13-24-14-8-21;/h7-8,13-14,20H,5-6,9-12,15-19H2,1-4H3,(H,25,26);1H. The van der Waals surface area contributed by atoms with Crippen molar-refractivity contribution in [2.75, 3.05) is 72.0 Å². The highest BCUT2D eigenvalue weighted by Gasteiger charge is 2.20. The molecule has 1 N–H and O–H groups in total. The van der Waals surface area contributed by atoms with Gasteiger partial charge < -0.3 is 24.8 Å². The van der Waals surface area contributed by atoms with Crippen LogP contribution < -0.4 is 10.2 Å². The Morgan fingerprint density at radius 2 is 1.94 bits per heavy atom. The molecule has 0 unspecified atom stereocenters. The quantitative estimate of drug-likeness (QED) is 0.194. The average Bonchev–Trinajstić information content (AvgIpc) is 2.80. The lowest BCUT2D eigenvalue weighted by Crippen LogP contribution is -2.42. The molecule has 8 nitrogen and oxygen atoms in total. The fourth-order valence-electron chi connectivity index (χ4n) is 3.63. The summed E-state index contributed by atoms with van der Waals surface area (Å²) in [6.07, 6.45) is 8.16. The maximum atomic E-state index is 12.0. The molecule has 1 aromatic rings. The Bertz CT molecular complexity index is 666. The van der Waals surface area contributed by atoms with E-state index in [-0.39, 0.29) is 36.4 Å². The summed E-state index contributed by atoms with van der Waals surface area (Å²) in [6, 6.07) is 4.17. The number of rotatable bonds is 11. The van der Waals surface area contributed by atoms with Crippen molar-refractivity contribution in [1.82, 2.24) is 20.1 Å². The Labute approximate surface area is 210 Å². The molecule has 1 aromatic heterocycles. The van der Waals surface area contributed by atoms with Crippen molar-refractivity contribution >= 4 is 41.5 Å². The number of aliphatic imine (C=N–C) groups is 1. The molecule has 32 heavy (non-hydrogen) atoms. The van der Waals surface area contributed by atoms with Crippen molar-refractivity contribution in [2.24, 2.45) is 10.9 Å². The van der Waals surface area contributed by atoms with Gasteiger partial charge in [-0.15, -0.1) is 24.0 Å². The van der Waals surface area contributed by atoms with Gasteiger partial charge in [0, 0.05) is 78.6 Å². The van der Waals surface area contributed by atoms with E-state index in [2.05, 4.69) is 44.3 Å². The lowest BCUT2D eigenvalue weighted by molar-refractivity contribution is -0.127. The molecule has 2 heterocycles. The van der Waals surface area contributed by atoms with Crippen LogP contribution in [0.5, 0.6) is 0 Å². The van der Waals surface area contributed by atoms with Gasteiger partial charge in [-0.2, -0.15) is 0 Å². The van der Waals surface area contributed by atoms with Crippen LogP contribution in [0.4, 0.5) is 5.69 Å². The van der Waals surface area contributed by atoms with Gasteiger partial charge in [-0.3, -0.25) is 9.78 Å². The number of anilines is 1.